The molecule has 2 aromatic heterocycles. The molecule has 2 aromatic carbocycles. The van der Waals surface area contributed by atoms with Gasteiger partial charge in [0.1, 0.15) is 22.9 Å². The number of nitrogens with zero attached hydrogens (tertiary/aromatic N) is 4. The van der Waals surface area contributed by atoms with Crippen LogP contribution in [-0.4, -0.2) is 47.6 Å². The van der Waals surface area contributed by atoms with Gasteiger partial charge < -0.3 is 9.25 Å². The van der Waals surface area contributed by atoms with Crippen LogP contribution < -0.4 is 10.5 Å². The molecule has 1 aliphatic carbocycles. The van der Waals surface area contributed by atoms with Gasteiger partial charge in [0.25, 0.3) is 10.0 Å². The fraction of sp³-hybridized carbons (Fsp3) is 0.308. The van der Waals surface area contributed by atoms with Crippen molar-refractivity contribution in [3.05, 3.63) is 82.5 Å². The van der Waals surface area contributed by atoms with E-state index in [1.807, 2.05) is 0 Å². The summed E-state index contributed by atoms with van der Waals surface area (Å²) < 4.78 is 89.6. The van der Waals surface area contributed by atoms with Crippen LogP contribution >= 0.6 is 0 Å². The number of oxazole rings is 1. The molecular weight excluding hydrogens is 586 g/mol. The first-order valence-corrected chi connectivity index (χ1v) is 14.0. The van der Waals surface area contributed by atoms with E-state index < -0.39 is 50.3 Å². The third-order valence-corrected chi connectivity index (χ3v) is 8.62. The monoisotopic (exact) mass is 609 g/mol. The van der Waals surface area contributed by atoms with Gasteiger partial charge in [0.15, 0.2) is 5.58 Å². The number of carbonyl (C=O) groups excluding carboxylic acids is 1. The molecule has 1 fully saturated rings. The highest BCUT2D eigenvalue weighted by atomic mass is 32.2. The van der Waals surface area contributed by atoms with Gasteiger partial charge in [0.05, 0.1) is 23.2 Å². The molecule has 4 aromatic rings. The average Bonchev–Trinajstić information content (AvgIpc) is 3.26. The molecule has 0 saturated heterocycles. The van der Waals surface area contributed by atoms with Gasteiger partial charge in [-0.2, -0.15) is 13.2 Å². The summed E-state index contributed by atoms with van der Waals surface area (Å²) in [7, 11) is -3.05. The van der Waals surface area contributed by atoms with E-state index in [4.69, 9.17) is 9.25 Å². The quantitative estimate of drug-likeness (QED) is 0.177. The Kier molecular flexibility index (Phi) is 7.76. The fourth-order valence-corrected chi connectivity index (χ4v) is 6.42. The highest BCUT2D eigenvalue weighted by molar-refractivity contribution is 7.92. The van der Waals surface area contributed by atoms with E-state index in [-0.39, 0.29) is 42.1 Å². The van der Waals surface area contributed by atoms with Gasteiger partial charge >= 0.3 is 18.4 Å². The van der Waals surface area contributed by atoms with Crippen LogP contribution in [-0.2, 0) is 25.8 Å². The lowest BCUT2D eigenvalue weighted by Gasteiger charge is -2.40. The van der Waals surface area contributed by atoms with Crippen molar-refractivity contribution in [3.63, 3.8) is 0 Å². The Morgan fingerprint density at radius 1 is 1.19 bits per heavy atom. The van der Waals surface area contributed by atoms with Crippen molar-refractivity contribution in [1.82, 2.24) is 19.6 Å². The van der Waals surface area contributed by atoms with Crippen molar-refractivity contribution in [1.29, 1.82) is 0 Å². The van der Waals surface area contributed by atoms with Crippen LogP contribution in [0, 0.1) is 5.82 Å². The first-order valence-electron chi connectivity index (χ1n) is 12.5. The molecule has 1 aliphatic rings. The third-order valence-electron chi connectivity index (χ3n) is 7.25. The topological polar surface area (TPSA) is 137 Å². The van der Waals surface area contributed by atoms with Crippen LogP contribution in [0.3, 0.4) is 0 Å². The van der Waals surface area contributed by atoms with Crippen molar-refractivity contribution in [3.8, 4) is 0 Å². The van der Waals surface area contributed by atoms with Gasteiger partial charge in [0, 0.05) is 25.4 Å². The number of sulfonamides is 1. The third kappa shape index (κ3) is 5.72. The Balaban J connectivity index is 1.51. The summed E-state index contributed by atoms with van der Waals surface area (Å²) in [5, 5.41) is 1.18. The van der Waals surface area contributed by atoms with Gasteiger partial charge in [-0.05, 0) is 42.9 Å². The van der Waals surface area contributed by atoms with Gasteiger partial charge in [-0.15, -0.1) is 5.06 Å². The van der Waals surface area contributed by atoms with E-state index >= 15 is 4.39 Å². The van der Waals surface area contributed by atoms with Crippen LogP contribution in [0.2, 0.25) is 0 Å². The van der Waals surface area contributed by atoms with Gasteiger partial charge in [-0.25, -0.2) is 27.6 Å². The predicted molar refractivity (Wildman–Crippen MR) is 139 cm³/mol. The molecule has 11 nitrogen and oxygen atoms in total. The maximum atomic E-state index is 15.3. The Morgan fingerprint density at radius 3 is 2.67 bits per heavy atom. The van der Waals surface area contributed by atoms with Crippen LogP contribution in [0.25, 0.3) is 11.1 Å². The molecule has 16 heteroatoms. The summed E-state index contributed by atoms with van der Waals surface area (Å²) in [6.45, 7) is 0.169. The Hall–Kier alpha value is -4.31. The second kappa shape index (κ2) is 11.2. The second-order valence-electron chi connectivity index (χ2n) is 9.70. The number of aromatic nitrogens is 3. The molecule has 0 bridgehead atoms. The Labute approximate surface area is 235 Å². The molecule has 2 heterocycles. The lowest BCUT2D eigenvalue weighted by atomic mass is 9.78. The fourth-order valence-electron chi connectivity index (χ4n) is 5.34. The molecule has 0 aliphatic heterocycles. The van der Waals surface area contributed by atoms with Gasteiger partial charge in [-0.3, -0.25) is 14.1 Å². The van der Waals surface area contributed by atoms with Crippen molar-refractivity contribution in [2.24, 2.45) is 0 Å². The molecule has 1 saturated carbocycles. The first kappa shape index (κ1) is 29.2. The Morgan fingerprint density at radius 2 is 1.98 bits per heavy atom. The smallest absolute Gasteiger partial charge is 0.408 e. The second-order valence-corrected chi connectivity index (χ2v) is 11.4. The summed E-state index contributed by atoms with van der Waals surface area (Å²) in [5.41, 5.74) is -0.648. The number of alkyl halides is 3. The molecule has 5 rings (SSSR count). The van der Waals surface area contributed by atoms with E-state index in [0.29, 0.717) is 12.0 Å². The molecule has 0 amide bonds. The van der Waals surface area contributed by atoms with E-state index in [0.717, 1.165) is 35.2 Å². The number of likely N-dealkylation sites (N-methyl/N-ethyl adjacent to an activating group) is 1. The number of rotatable bonds is 8. The molecule has 0 spiro atoms. The molecule has 0 unspecified atom stereocenters. The SMILES string of the molecule is CN(OC=O)[C@H]1C[C@@H](c2cccc(C(F)(F)F)c2)CC[C@@H]1n1c(=O)oc2cc(S(=O)(=O)Nc3ccncn3)c(F)cc21. The lowest BCUT2D eigenvalue weighted by Crippen LogP contribution is -2.44. The number of benzene rings is 2. The predicted octanol–water partition coefficient (Wildman–Crippen LogP) is 4.24. The van der Waals surface area contributed by atoms with Crippen LogP contribution in [0.15, 0.2) is 69.1 Å². The Bertz CT molecular complexity index is 1780. The maximum absolute atomic E-state index is 15.3. The van der Waals surface area contributed by atoms with E-state index in [1.54, 1.807) is 6.07 Å². The number of hydrogen-bond donors (Lipinski definition) is 1. The first-order chi connectivity index (χ1) is 19.9. The summed E-state index contributed by atoms with van der Waals surface area (Å²) in [5.74, 6) is -2.59. The minimum atomic E-state index is -4.53. The summed E-state index contributed by atoms with van der Waals surface area (Å²) >= 11 is 0. The average molecular weight is 610 g/mol. The summed E-state index contributed by atoms with van der Waals surface area (Å²) in [6, 6.07) is 6.40. The molecular formula is C26H23F4N5O6S. The minimum Gasteiger partial charge on any atom is -0.408 e. The highest BCUT2D eigenvalue weighted by Crippen LogP contribution is 2.42. The van der Waals surface area contributed by atoms with E-state index in [9.17, 15) is 31.2 Å². The largest absolute Gasteiger partial charge is 0.420 e. The van der Waals surface area contributed by atoms with E-state index in [2.05, 4.69) is 14.7 Å². The normalized spacial score (nSPS) is 19.6. The number of carbonyl (C=O) groups is 1. The van der Waals surface area contributed by atoms with Crippen LogP contribution in [0.1, 0.15) is 42.3 Å². The van der Waals surface area contributed by atoms with Crippen molar-refractivity contribution < 1.29 is 40.0 Å². The zero-order valence-electron chi connectivity index (χ0n) is 21.8. The van der Waals surface area contributed by atoms with Gasteiger partial charge in [0.2, 0.25) is 0 Å². The number of nitrogens with one attached hydrogen (secondary N) is 1. The number of anilines is 1. The summed E-state index contributed by atoms with van der Waals surface area (Å²) in [6.07, 6.45) is -1.42. The van der Waals surface area contributed by atoms with Crippen LogP contribution in [0.4, 0.5) is 23.4 Å². The van der Waals surface area contributed by atoms with E-state index in [1.165, 1.54) is 30.4 Å². The lowest BCUT2D eigenvalue weighted by molar-refractivity contribution is -0.185. The number of hydroxylamine groups is 2. The number of halogens is 4. The van der Waals surface area contributed by atoms with Crippen molar-refractivity contribution >= 4 is 33.4 Å². The van der Waals surface area contributed by atoms with Crippen molar-refractivity contribution in [2.45, 2.75) is 48.3 Å². The molecule has 222 valence electrons. The summed E-state index contributed by atoms with van der Waals surface area (Å²) in [4.78, 5) is 35.9. The zero-order chi connectivity index (χ0) is 30.2. The number of hydrogen-bond acceptors (Lipinski definition) is 9. The number of fused-ring (bicyclic) bond motifs is 1. The zero-order valence-corrected chi connectivity index (χ0v) is 22.6. The van der Waals surface area contributed by atoms with Crippen molar-refractivity contribution in [2.75, 3.05) is 11.8 Å². The highest BCUT2D eigenvalue weighted by Gasteiger charge is 2.39. The standard InChI is InChI=1S/C26H23F4N5O6S/c1-34(40-14-36)20-10-16(15-3-2-4-17(9-15)26(28,29)30)5-6-19(20)35-21-11-18(27)23(12-22(21)41-25(35)37)42(38,39)33-24-7-8-31-13-32-24/h2-4,7-9,11-14,16,19-20H,5-6,10H2,1H3,(H,31,32,33)/t16-,19-,20-/m0/s1. The molecule has 42 heavy (non-hydrogen) atoms. The molecule has 3 atom stereocenters. The minimum absolute atomic E-state index is 0.0505. The van der Waals surface area contributed by atoms with Gasteiger partial charge in [-0.1, -0.05) is 18.2 Å². The molecule has 0 radical (unpaired) electrons. The maximum Gasteiger partial charge on any atom is 0.420 e. The van der Waals surface area contributed by atoms with Crippen LogP contribution in [0.5, 0.6) is 0 Å². The molecule has 1 N–H and O–H groups in total.